The van der Waals surface area contributed by atoms with Crippen LogP contribution in [0.25, 0.3) is 0 Å². The minimum Gasteiger partial charge on any atom is -0.497 e. The molecule has 0 aliphatic rings. The maximum Gasteiger partial charge on any atom is 0.412 e. The van der Waals surface area contributed by atoms with Crippen molar-refractivity contribution in [3.63, 3.8) is 0 Å². The Morgan fingerprint density at radius 3 is 2.29 bits per heavy atom. The average molecular weight is 422 g/mol. The lowest BCUT2D eigenvalue weighted by Gasteiger charge is -2.19. The van der Waals surface area contributed by atoms with Crippen LogP contribution in [0.1, 0.15) is 32.2 Å². The van der Waals surface area contributed by atoms with Gasteiger partial charge in [0.25, 0.3) is 0 Å². The fourth-order valence-electron chi connectivity index (χ4n) is 2.73. The molecule has 1 heterocycles. The summed E-state index contributed by atoms with van der Waals surface area (Å²) in [6, 6.07) is 14.9. The van der Waals surface area contributed by atoms with Crippen molar-refractivity contribution in [2.24, 2.45) is 0 Å². The highest BCUT2D eigenvalue weighted by Gasteiger charge is 2.16. The van der Waals surface area contributed by atoms with Gasteiger partial charge in [0.05, 0.1) is 19.0 Å². The molecular weight excluding hydrogens is 394 g/mol. The van der Waals surface area contributed by atoms with Gasteiger partial charge in [-0.1, -0.05) is 12.1 Å². The van der Waals surface area contributed by atoms with Crippen LogP contribution in [0.5, 0.6) is 5.75 Å². The lowest BCUT2D eigenvalue weighted by atomic mass is 10.1. The number of rotatable bonds is 6. The van der Waals surface area contributed by atoms with Crippen LogP contribution in [-0.4, -0.2) is 28.8 Å². The van der Waals surface area contributed by atoms with Gasteiger partial charge in [-0.05, 0) is 62.7 Å². The maximum atomic E-state index is 11.9. The van der Waals surface area contributed by atoms with E-state index >= 15 is 0 Å². The summed E-state index contributed by atoms with van der Waals surface area (Å²) in [6.45, 7) is 5.44. The molecule has 1 amide bonds. The number of aromatic nitrogens is 2. The van der Waals surface area contributed by atoms with Crippen LogP contribution >= 0.6 is 0 Å². The SMILES string of the molecule is COc1ccc(Cc2ncc(N)c(Nc3ccc(NC(=O)OC(C)(C)C)cc3)n2)cc1. The molecule has 4 N–H and O–H groups in total. The van der Waals surface area contributed by atoms with E-state index in [-0.39, 0.29) is 0 Å². The Morgan fingerprint density at radius 1 is 1.03 bits per heavy atom. The molecule has 162 valence electrons. The van der Waals surface area contributed by atoms with E-state index in [1.165, 1.54) is 0 Å². The zero-order chi connectivity index (χ0) is 22.4. The summed E-state index contributed by atoms with van der Waals surface area (Å²) in [7, 11) is 1.64. The zero-order valence-corrected chi connectivity index (χ0v) is 18.1. The predicted molar refractivity (Wildman–Crippen MR) is 122 cm³/mol. The highest BCUT2D eigenvalue weighted by Crippen LogP contribution is 2.23. The van der Waals surface area contributed by atoms with Gasteiger partial charge in [-0.2, -0.15) is 0 Å². The number of methoxy groups -OCH3 is 1. The number of nitrogens with zero attached hydrogens (tertiary/aromatic N) is 2. The molecule has 1 aromatic heterocycles. The molecule has 0 aliphatic carbocycles. The van der Waals surface area contributed by atoms with Gasteiger partial charge in [0.1, 0.15) is 17.2 Å². The molecule has 0 spiro atoms. The molecule has 0 radical (unpaired) electrons. The molecule has 0 fully saturated rings. The molecule has 0 atom stereocenters. The van der Waals surface area contributed by atoms with Crippen LogP contribution < -0.4 is 21.1 Å². The van der Waals surface area contributed by atoms with Crippen molar-refractivity contribution in [2.45, 2.75) is 32.8 Å². The minimum atomic E-state index is -0.556. The summed E-state index contributed by atoms with van der Waals surface area (Å²) in [5.41, 5.74) is 8.39. The third kappa shape index (κ3) is 6.60. The fourth-order valence-corrected chi connectivity index (χ4v) is 2.73. The lowest BCUT2D eigenvalue weighted by Crippen LogP contribution is -2.27. The minimum absolute atomic E-state index is 0.439. The number of nitrogen functional groups attached to an aromatic ring is 1. The van der Waals surface area contributed by atoms with E-state index in [9.17, 15) is 4.79 Å². The Labute approximate surface area is 181 Å². The fraction of sp³-hybridized carbons (Fsp3) is 0.261. The smallest absolute Gasteiger partial charge is 0.412 e. The van der Waals surface area contributed by atoms with Crippen LogP contribution in [0.3, 0.4) is 0 Å². The Balaban J connectivity index is 1.66. The average Bonchev–Trinajstić information content (AvgIpc) is 2.71. The first-order chi connectivity index (χ1) is 14.7. The molecule has 8 heteroatoms. The van der Waals surface area contributed by atoms with E-state index in [0.29, 0.717) is 29.4 Å². The number of amides is 1. The quantitative estimate of drug-likeness (QED) is 0.527. The molecule has 0 bridgehead atoms. The molecular formula is C23H27N5O3. The van der Waals surface area contributed by atoms with Gasteiger partial charge in [0.15, 0.2) is 5.82 Å². The standard InChI is InChI=1S/C23H27N5O3/c1-23(2,3)31-22(29)27-17-9-7-16(8-10-17)26-21-19(24)14-25-20(28-21)13-15-5-11-18(30-4)12-6-15/h5-12,14H,13,24H2,1-4H3,(H,27,29)(H,25,26,28). The van der Waals surface area contributed by atoms with E-state index in [0.717, 1.165) is 17.0 Å². The number of ether oxygens (including phenoxy) is 2. The first-order valence-electron chi connectivity index (χ1n) is 9.83. The number of benzene rings is 2. The summed E-state index contributed by atoms with van der Waals surface area (Å²) >= 11 is 0. The van der Waals surface area contributed by atoms with Gasteiger partial charge < -0.3 is 20.5 Å². The number of nitrogens with two attached hydrogens (primary N) is 1. The summed E-state index contributed by atoms with van der Waals surface area (Å²) in [4.78, 5) is 20.8. The molecule has 3 rings (SSSR count). The molecule has 8 nitrogen and oxygen atoms in total. The second kappa shape index (κ2) is 9.34. The third-order valence-corrected chi connectivity index (χ3v) is 4.18. The van der Waals surface area contributed by atoms with Crippen LogP contribution in [0.15, 0.2) is 54.7 Å². The maximum absolute atomic E-state index is 11.9. The predicted octanol–water partition coefficient (Wildman–Crippen LogP) is 4.75. The summed E-state index contributed by atoms with van der Waals surface area (Å²) < 4.78 is 10.4. The second-order valence-electron chi connectivity index (χ2n) is 7.94. The van der Waals surface area contributed by atoms with Crippen molar-refractivity contribution in [1.29, 1.82) is 0 Å². The first-order valence-corrected chi connectivity index (χ1v) is 9.83. The number of carbonyl (C=O) groups is 1. The van der Waals surface area contributed by atoms with Crippen LogP contribution in [0, 0.1) is 0 Å². The Kier molecular flexibility index (Phi) is 6.59. The Hall–Kier alpha value is -3.81. The Morgan fingerprint density at radius 2 is 1.68 bits per heavy atom. The van der Waals surface area contributed by atoms with Crippen molar-refractivity contribution in [2.75, 3.05) is 23.5 Å². The second-order valence-corrected chi connectivity index (χ2v) is 7.94. The molecule has 0 unspecified atom stereocenters. The van der Waals surface area contributed by atoms with Gasteiger partial charge >= 0.3 is 6.09 Å². The van der Waals surface area contributed by atoms with Crippen molar-refractivity contribution < 1.29 is 14.3 Å². The number of hydrogen-bond acceptors (Lipinski definition) is 7. The molecule has 31 heavy (non-hydrogen) atoms. The summed E-state index contributed by atoms with van der Waals surface area (Å²) in [5.74, 6) is 1.96. The van der Waals surface area contributed by atoms with Crippen LogP contribution in [0.2, 0.25) is 0 Å². The summed E-state index contributed by atoms with van der Waals surface area (Å²) in [6.07, 6.45) is 1.65. The van der Waals surface area contributed by atoms with Gasteiger partial charge in [0, 0.05) is 17.8 Å². The van der Waals surface area contributed by atoms with E-state index in [4.69, 9.17) is 15.2 Å². The molecule has 0 aliphatic heterocycles. The normalized spacial score (nSPS) is 11.0. The summed E-state index contributed by atoms with van der Waals surface area (Å²) in [5, 5.41) is 5.89. The monoisotopic (exact) mass is 421 g/mol. The van der Waals surface area contributed by atoms with Gasteiger partial charge in [-0.15, -0.1) is 0 Å². The van der Waals surface area contributed by atoms with Crippen molar-refractivity contribution in [1.82, 2.24) is 9.97 Å². The van der Waals surface area contributed by atoms with Gasteiger partial charge in [-0.25, -0.2) is 14.8 Å². The zero-order valence-electron chi connectivity index (χ0n) is 18.1. The highest BCUT2D eigenvalue weighted by molar-refractivity contribution is 5.85. The topological polar surface area (TPSA) is 111 Å². The number of nitrogens with one attached hydrogen (secondary N) is 2. The van der Waals surface area contributed by atoms with Gasteiger partial charge in [0.2, 0.25) is 0 Å². The number of carbonyl (C=O) groups excluding carboxylic acids is 1. The molecule has 2 aromatic carbocycles. The van der Waals surface area contributed by atoms with E-state index in [2.05, 4.69) is 20.6 Å². The lowest BCUT2D eigenvalue weighted by molar-refractivity contribution is 0.0636. The number of anilines is 4. The molecule has 3 aromatic rings. The van der Waals surface area contributed by atoms with Gasteiger partial charge in [-0.3, -0.25) is 5.32 Å². The van der Waals surface area contributed by atoms with Crippen LogP contribution in [0.4, 0.5) is 27.7 Å². The number of hydrogen-bond donors (Lipinski definition) is 3. The van der Waals surface area contributed by atoms with Crippen molar-refractivity contribution in [3.05, 3.63) is 66.1 Å². The third-order valence-electron chi connectivity index (χ3n) is 4.18. The Bertz CT molecular complexity index is 1030. The van der Waals surface area contributed by atoms with Crippen molar-refractivity contribution in [3.8, 4) is 5.75 Å². The highest BCUT2D eigenvalue weighted by atomic mass is 16.6. The molecule has 0 saturated carbocycles. The van der Waals surface area contributed by atoms with E-state index in [1.807, 2.05) is 57.2 Å². The molecule has 0 saturated heterocycles. The largest absolute Gasteiger partial charge is 0.497 e. The van der Waals surface area contributed by atoms with Crippen LogP contribution in [-0.2, 0) is 11.2 Å². The first kappa shape index (κ1) is 21.9. The van der Waals surface area contributed by atoms with Crippen molar-refractivity contribution >= 4 is 29.0 Å². The van der Waals surface area contributed by atoms with E-state index in [1.54, 1.807) is 25.4 Å². The van der Waals surface area contributed by atoms with E-state index < -0.39 is 11.7 Å².